The minimum absolute atomic E-state index is 0.00850. The lowest BCUT2D eigenvalue weighted by atomic mass is 10.1. The monoisotopic (exact) mass is 245 g/mol. The number of rotatable bonds is 4. The van der Waals surface area contributed by atoms with Gasteiger partial charge < -0.3 is 5.32 Å². The van der Waals surface area contributed by atoms with Gasteiger partial charge in [0, 0.05) is 12.3 Å². The summed E-state index contributed by atoms with van der Waals surface area (Å²) >= 11 is 0. The van der Waals surface area contributed by atoms with E-state index >= 15 is 0 Å². The molecule has 1 atom stereocenters. The minimum Gasteiger partial charge on any atom is -0.312 e. The van der Waals surface area contributed by atoms with E-state index in [2.05, 4.69) is 5.32 Å². The Morgan fingerprint density at radius 3 is 2.50 bits per heavy atom. The Bertz CT molecular complexity index is 471. The van der Waals surface area contributed by atoms with Crippen molar-refractivity contribution in [2.45, 2.75) is 13.0 Å². The van der Waals surface area contributed by atoms with E-state index in [1.807, 2.05) is 0 Å². The van der Waals surface area contributed by atoms with Crippen LogP contribution in [-0.2, 0) is 9.84 Å². The van der Waals surface area contributed by atoms with Crippen molar-refractivity contribution in [3.63, 3.8) is 0 Å². The van der Waals surface area contributed by atoms with Crippen LogP contribution in [0.4, 0.5) is 4.39 Å². The van der Waals surface area contributed by atoms with Crippen molar-refractivity contribution < 1.29 is 12.8 Å². The quantitative estimate of drug-likeness (QED) is 0.873. The summed E-state index contributed by atoms with van der Waals surface area (Å²) in [5.41, 5.74) is 1.30. The Hall–Kier alpha value is -0.940. The van der Waals surface area contributed by atoms with Crippen LogP contribution in [0.15, 0.2) is 18.2 Å². The molecule has 5 heteroatoms. The van der Waals surface area contributed by atoms with E-state index in [4.69, 9.17) is 0 Å². The van der Waals surface area contributed by atoms with Crippen molar-refractivity contribution in [2.75, 3.05) is 19.1 Å². The van der Waals surface area contributed by atoms with Gasteiger partial charge in [-0.2, -0.15) is 0 Å². The van der Waals surface area contributed by atoms with E-state index in [9.17, 15) is 12.8 Å². The molecule has 0 fully saturated rings. The number of nitrogens with one attached hydrogen (secondary N) is 1. The molecule has 0 aromatic heterocycles. The second-order valence-electron chi connectivity index (χ2n) is 3.94. The van der Waals surface area contributed by atoms with Gasteiger partial charge in [0.15, 0.2) is 0 Å². The zero-order valence-corrected chi connectivity index (χ0v) is 10.4. The fourth-order valence-corrected chi connectivity index (χ4v) is 2.50. The molecule has 90 valence electrons. The fourth-order valence-electron chi connectivity index (χ4n) is 1.53. The smallest absolute Gasteiger partial charge is 0.149 e. The minimum atomic E-state index is -3.06. The molecule has 0 saturated carbocycles. The fraction of sp³-hybridized carbons (Fsp3) is 0.455. The van der Waals surface area contributed by atoms with E-state index in [0.29, 0.717) is 5.56 Å². The van der Waals surface area contributed by atoms with Crippen molar-refractivity contribution in [3.05, 3.63) is 35.1 Å². The molecule has 1 N–H and O–H groups in total. The molecular formula is C11H16FNO2S. The second-order valence-corrected chi connectivity index (χ2v) is 6.13. The molecule has 3 nitrogen and oxygen atoms in total. The summed E-state index contributed by atoms with van der Waals surface area (Å²) in [6, 6.07) is 4.34. The second kappa shape index (κ2) is 4.93. The predicted octanol–water partition coefficient (Wildman–Crippen LogP) is 1.44. The molecule has 0 aliphatic rings. The van der Waals surface area contributed by atoms with Crippen LogP contribution in [0.1, 0.15) is 17.2 Å². The zero-order chi connectivity index (χ0) is 12.3. The summed E-state index contributed by atoms with van der Waals surface area (Å²) in [6.45, 7) is 1.66. The Kier molecular flexibility index (Phi) is 4.04. The third-order valence-corrected chi connectivity index (χ3v) is 3.34. The molecule has 0 bridgehead atoms. The third kappa shape index (κ3) is 3.57. The lowest BCUT2D eigenvalue weighted by Gasteiger charge is -2.16. The van der Waals surface area contributed by atoms with E-state index in [1.54, 1.807) is 26.1 Å². The van der Waals surface area contributed by atoms with E-state index in [-0.39, 0.29) is 17.6 Å². The first-order valence-corrected chi connectivity index (χ1v) is 7.00. The number of halogens is 1. The molecule has 16 heavy (non-hydrogen) atoms. The van der Waals surface area contributed by atoms with Gasteiger partial charge in [-0.1, -0.05) is 12.1 Å². The van der Waals surface area contributed by atoms with E-state index in [0.717, 1.165) is 5.56 Å². The highest BCUT2D eigenvalue weighted by Gasteiger charge is 2.16. The van der Waals surface area contributed by atoms with Gasteiger partial charge >= 0.3 is 0 Å². The average Bonchev–Trinajstić information content (AvgIpc) is 2.17. The number of hydrogen-bond acceptors (Lipinski definition) is 3. The van der Waals surface area contributed by atoms with Crippen LogP contribution in [0.2, 0.25) is 0 Å². The SMILES string of the molecule is CNC(CS(C)(=O)=O)c1ccc(F)c(C)c1. The molecule has 1 aromatic carbocycles. The number of aryl methyl sites for hydroxylation is 1. The first kappa shape index (κ1) is 13.1. The van der Waals surface area contributed by atoms with Crippen molar-refractivity contribution in [1.82, 2.24) is 5.32 Å². The Morgan fingerprint density at radius 1 is 1.44 bits per heavy atom. The normalized spacial score (nSPS) is 13.8. The van der Waals surface area contributed by atoms with E-state index < -0.39 is 9.84 Å². The first-order valence-electron chi connectivity index (χ1n) is 4.94. The highest BCUT2D eigenvalue weighted by atomic mass is 32.2. The number of sulfone groups is 1. The summed E-state index contributed by atoms with van der Waals surface area (Å²) in [6.07, 6.45) is 1.19. The lowest BCUT2D eigenvalue weighted by molar-refractivity contribution is 0.577. The Labute approximate surface area is 95.6 Å². The third-order valence-electron chi connectivity index (χ3n) is 2.40. The van der Waals surface area contributed by atoms with Crippen LogP contribution in [0.25, 0.3) is 0 Å². The summed E-state index contributed by atoms with van der Waals surface area (Å²) in [4.78, 5) is 0. The standard InChI is InChI=1S/C11H16FNO2S/c1-8-6-9(4-5-10(8)12)11(13-2)7-16(3,14)15/h4-6,11,13H,7H2,1-3H3. The van der Waals surface area contributed by atoms with Gasteiger partial charge in [-0.15, -0.1) is 0 Å². The van der Waals surface area contributed by atoms with Crippen LogP contribution in [0.3, 0.4) is 0 Å². The lowest BCUT2D eigenvalue weighted by Crippen LogP contribution is -2.24. The number of benzene rings is 1. The summed E-state index contributed by atoms with van der Waals surface area (Å²) in [5, 5.41) is 2.92. The van der Waals surface area contributed by atoms with Gasteiger partial charge in [-0.25, -0.2) is 12.8 Å². The van der Waals surface area contributed by atoms with Crippen molar-refractivity contribution in [2.24, 2.45) is 0 Å². The molecule has 1 aromatic rings. The predicted molar refractivity (Wildman–Crippen MR) is 62.6 cm³/mol. The molecular weight excluding hydrogens is 229 g/mol. The van der Waals surface area contributed by atoms with Gasteiger partial charge in [0.2, 0.25) is 0 Å². The topological polar surface area (TPSA) is 46.2 Å². The van der Waals surface area contributed by atoms with Crippen molar-refractivity contribution in [1.29, 1.82) is 0 Å². The van der Waals surface area contributed by atoms with Crippen LogP contribution in [-0.4, -0.2) is 27.5 Å². The average molecular weight is 245 g/mol. The zero-order valence-electron chi connectivity index (χ0n) is 9.62. The van der Waals surface area contributed by atoms with Crippen LogP contribution >= 0.6 is 0 Å². The largest absolute Gasteiger partial charge is 0.312 e. The molecule has 1 rings (SSSR count). The van der Waals surface area contributed by atoms with Gasteiger partial charge in [0.05, 0.1) is 5.75 Å². The van der Waals surface area contributed by atoms with Gasteiger partial charge in [0.1, 0.15) is 15.7 Å². The molecule has 0 spiro atoms. The number of hydrogen-bond donors (Lipinski definition) is 1. The molecule has 1 unspecified atom stereocenters. The van der Waals surface area contributed by atoms with Gasteiger partial charge in [-0.05, 0) is 31.2 Å². The molecule has 0 saturated heterocycles. The maximum Gasteiger partial charge on any atom is 0.149 e. The summed E-state index contributed by atoms with van der Waals surface area (Å²) in [7, 11) is -1.37. The van der Waals surface area contributed by atoms with Crippen LogP contribution < -0.4 is 5.32 Å². The maximum absolute atomic E-state index is 13.1. The van der Waals surface area contributed by atoms with Crippen molar-refractivity contribution in [3.8, 4) is 0 Å². The molecule has 0 aliphatic carbocycles. The Balaban J connectivity index is 3.00. The molecule has 0 radical (unpaired) electrons. The molecule has 0 heterocycles. The van der Waals surface area contributed by atoms with Gasteiger partial charge in [-0.3, -0.25) is 0 Å². The molecule has 0 amide bonds. The highest BCUT2D eigenvalue weighted by Crippen LogP contribution is 2.17. The van der Waals surface area contributed by atoms with Gasteiger partial charge in [0.25, 0.3) is 0 Å². The highest BCUT2D eigenvalue weighted by molar-refractivity contribution is 7.90. The first-order chi connectivity index (χ1) is 7.33. The van der Waals surface area contributed by atoms with Crippen molar-refractivity contribution >= 4 is 9.84 Å². The Morgan fingerprint density at radius 2 is 2.06 bits per heavy atom. The molecule has 0 aliphatic heterocycles. The summed E-state index contributed by atoms with van der Waals surface area (Å²) in [5.74, 6) is -0.271. The van der Waals surface area contributed by atoms with E-state index in [1.165, 1.54) is 12.3 Å². The van der Waals surface area contributed by atoms with Crippen LogP contribution in [0.5, 0.6) is 0 Å². The summed E-state index contributed by atoms with van der Waals surface area (Å²) < 4.78 is 35.5. The van der Waals surface area contributed by atoms with Crippen LogP contribution in [0, 0.1) is 12.7 Å². The maximum atomic E-state index is 13.1.